The van der Waals surface area contributed by atoms with Crippen LogP contribution >= 0.6 is 7.82 Å². The Morgan fingerprint density at radius 3 is 1.20 bits per heavy atom. The number of esters is 2. The number of phosphoric acid groups is 1. The van der Waals surface area contributed by atoms with E-state index in [0.29, 0.717) is 6.42 Å². The highest BCUT2D eigenvalue weighted by Gasteiger charge is 2.24. The van der Waals surface area contributed by atoms with Gasteiger partial charge in [-0.25, -0.2) is 4.57 Å². The third-order valence-electron chi connectivity index (χ3n) is 10.2. The Kier molecular flexibility index (Phi) is 41.0. The van der Waals surface area contributed by atoms with Crippen LogP contribution in [-0.2, 0) is 32.7 Å². The lowest BCUT2D eigenvalue weighted by Crippen LogP contribution is -2.29. The summed E-state index contributed by atoms with van der Waals surface area (Å²) in [5.41, 5.74) is 0. The fourth-order valence-corrected chi connectivity index (χ4v) is 7.05. The second-order valence-corrected chi connectivity index (χ2v) is 17.1. The van der Waals surface area contributed by atoms with Crippen LogP contribution < -0.4 is 0 Å². The maximum absolute atomic E-state index is 12.5. The minimum Gasteiger partial charge on any atom is -0.462 e. The molecule has 0 rings (SSSR count). The molecule has 9 heteroatoms. The largest absolute Gasteiger partial charge is 0.472 e. The van der Waals surface area contributed by atoms with Crippen LogP contribution in [0.1, 0.15) is 232 Å². The van der Waals surface area contributed by atoms with E-state index in [0.717, 1.165) is 58.5 Å². The summed E-state index contributed by atoms with van der Waals surface area (Å²) in [4.78, 5) is 34.5. The van der Waals surface area contributed by atoms with Gasteiger partial charge in [-0.15, -0.1) is 0 Å². The van der Waals surface area contributed by atoms with E-state index >= 15 is 0 Å². The molecule has 0 saturated carbocycles. The van der Waals surface area contributed by atoms with Crippen LogP contribution in [0.3, 0.4) is 0 Å². The Balaban J connectivity index is 3.90. The van der Waals surface area contributed by atoms with Crippen LogP contribution in [-0.4, -0.2) is 43.3 Å². The van der Waals surface area contributed by atoms with Gasteiger partial charge in [-0.2, -0.15) is 0 Å². The monoisotopic (exact) mass is 799 g/mol. The summed E-state index contributed by atoms with van der Waals surface area (Å²) in [6.45, 7) is 3.88. The third kappa shape index (κ3) is 42.0. The van der Waals surface area contributed by atoms with E-state index in [4.69, 9.17) is 14.0 Å². The zero-order valence-corrected chi connectivity index (χ0v) is 37.0. The number of ether oxygens (including phenoxy) is 2. The first-order chi connectivity index (χ1) is 26.8. The molecule has 0 radical (unpaired) electrons. The summed E-state index contributed by atoms with van der Waals surface area (Å²) >= 11 is 0. The number of carbonyl (C=O) groups excluding carboxylic acids is 2. The summed E-state index contributed by atoms with van der Waals surface area (Å²) in [7, 11) is -3.20. The summed E-state index contributed by atoms with van der Waals surface area (Å²) < 4.78 is 32.0. The minimum atomic E-state index is -4.26. The molecule has 0 aliphatic rings. The lowest BCUT2D eigenvalue weighted by Gasteiger charge is -2.19. The normalized spacial score (nSPS) is 13.5. The van der Waals surface area contributed by atoms with Gasteiger partial charge in [0.1, 0.15) is 6.61 Å². The van der Waals surface area contributed by atoms with Gasteiger partial charge in [0, 0.05) is 20.0 Å². The topological polar surface area (TPSA) is 108 Å². The fourth-order valence-electron chi connectivity index (χ4n) is 6.59. The molecule has 8 nitrogen and oxygen atoms in total. The van der Waals surface area contributed by atoms with E-state index in [1.807, 2.05) is 0 Å². The van der Waals surface area contributed by atoms with E-state index in [2.05, 4.69) is 42.7 Å². The highest BCUT2D eigenvalue weighted by molar-refractivity contribution is 7.47. The minimum absolute atomic E-state index is 0.227. The number of hydrogen-bond acceptors (Lipinski definition) is 7. The standard InChI is InChI=1S/C46H87O8P/c1-4-6-8-10-12-14-16-18-19-20-21-22-23-24-25-26-27-29-31-33-35-37-39-41-46(48)54-44(43-53-55(49,50)51-3)42-52-45(47)40-38-36-34-32-30-28-17-15-13-11-9-7-5-2/h15,17,20-21,44H,4-14,16,18-19,22-43H2,1-3H3,(H,49,50)/b17-15-,21-20-. The molecule has 0 aliphatic heterocycles. The van der Waals surface area contributed by atoms with E-state index < -0.39 is 26.5 Å². The third-order valence-corrected chi connectivity index (χ3v) is 11.1. The first-order valence-electron chi connectivity index (χ1n) is 23.0. The van der Waals surface area contributed by atoms with Crippen LogP contribution in [0.5, 0.6) is 0 Å². The van der Waals surface area contributed by atoms with Crippen molar-refractivity contribution in [3.8, 4) is 0 Å². The van der Waals surface area contributed by atoms with E-state index in [-0.39, 0.29) is 25.4 Å². The fraction of sp³-hybridized carbons (Fsp3) is 0.870. The first-order valence-corrected chi connectivity index (χ1v) is 24.5. The smallest absolute Gasteiger partial charge is 0.462 e. The zero-order valence-electron chi connectivity index (χ0n) is 36.1. The van der Waals surface area contributed by atoms with Crippen LogP contribution in [0.15, 0.2) is 24.3 Å². The number of phosphoric ester groups is 1. The van der Waals surface area contributed by atoms with Crippen molar-refractivity contribution in [3.63, 3.8) is 0 Å². The highest BCUT2D eigenvalue weighted by Crippen LogP contribution is 2.42. The lowest BCUT2D eigenvalue weighted by atomic mass is 10.0. The molecule has 0 saturated heterocycles. The van der Waals surface area contributed by atoms with Crippen molar-refractivity contribution in [2.75, 3.05) is 20.3 Å². The van der Waals surface area contributed by atoms with Crippen molar-refractivity contribution in [2.24, 2.45) is 0 Å². The molecular formula is C46H87O8P. The van der Waals surface area contributed by atoms with Gasteiger partial charge in [0.15, 0.2) is 6.10 Å². The Morgan fingerprint density at radius 1 is 0.491 bits per heavy atom. The number of rotatable bonds is 43. The van der Waals surface area contributed by atoms with Crippen LogP contribution in [0.25, 0.3) is 0 Å². The molecular weight excluding hydrogens is 711 g/mol. The molecule has 0 bridgehead atoms. The van der Waals surface area contributed by atoms with E-state index in [1.165, 1.54) is 148 Å². The van der Waals surface area contributed by atoms with Crippen molar-refractivity contribution < 1.29 is 37.6 Å². The van der Waals surface area contributed by atoms with Crippen molar-refractivity contribution in [2.45, 2.75) is 238 Å². The molecule has 0 fully saturated rings. The van der Waals surface area contributed by atoms with Crippen molar-refractivity contribution in [1.29, 1.82) is 0 Å². The van der Waals surface area contributed by atoms with E-state index in [1.54, 1.807) is 0 Å². The second-order valence-electron chi connectivity index (χ2n) is 15.5. The molecule has 2 unspecified atom stereocenters. The summed E-state index contributed by atoms with van der Waals surface area (Å²) in [6.07, 6.45) is 48.1. The van der Waals surface area contributed by atoms with Crippen LogP contribution in [0.4, 0.5) is 0 Å². The molecule has 1 N–H and O–H groups in total. The predicted molar refractivity (Wildman–Crippen MR) is 230 cm³/mol. The van der Waals surface area contributed by atoms with Gasteiger partial charge in [0.05, 0.1) is 6.61 Å². The maximum Gasteiger partial charge on any atom is 0.472 e. The number of allylic oxidation sites excluding steroid dienone is 4. The average molecular weight is 799 g/mol. The van der Waals surface area contributed by atoms with Gasteiger partial charge in [-0.3, -0.25) is 18.6 Å². The maximum atomic E-state index is 12.5. The van der Waals surface area contributed by atoms with Crippen LogP contribution in [0.2, 0.25) is 0 Å². The molecule has 0 aliphatic carbocycles. The second kappa shape index (κ2) is 42.1. The van der Waals surface area contributed by atoms with Gasteiger partial charge in [-0.1, -0.05) is 179 Å². The molecule has 0 aromatic heterocycles. The molecule has 0 amide bonds. The molecule has 0 spiro atoms. The Labute approximate surface area is 339 Å². The zero-order chi connectivity index (χ0) is 40.3. The van der Waals surface area contributed by atoms with Gasteiger partial charge < -0.3 is 14.4 Å². The highest BCUT2D eigenvalue weighted by atomic mass is 31.2. The molecule has 55 heavy (non-hydrogen) atoms. The summed E-state index contributed by atoms with van der Waals surface area (Å²) in [6, 6.07) is 0. The Morgan fingerprint density at radius 2 is 0.818 bits per heavy atom. The lowest BCUT2D eigenvalue weighted by molar-refractivity contribution is -0.161. The molecule has 0 heterocycles. The molecule has 0 aromatic rings. The summed E-state index contributed by atoms with van der Waals surface area (Å²) in [5.74, 6) is -0.807. The number of hydrogen-bond donors (Lipinski definition) is 1. The quantitative estimate of drug-likeness (QED) is 0.0281. The molecule has 2 atom stereocenters. The van der Waals surface area contributed by atoms with Crippen molar-refractivity contribution >= 4 is 19.8 Å². The first kappa shape index (κ1) is 53.5. The van der Waals surface area contributed by atoms with E-state index in [9.17, 15) is 19.0 Å². The van der Waals surface area contributed by atoms with Gasteiger partial charge in [-0.05, 0) is 64.2 Å². The molecule has 0 aromatic carbocycles. The summed E-state index contributed by atoms with van der Waals surface area (Å²) in [5, 5.41) is 0. The average Bonchev–Trinajstić information content (AvgIpc) is 3.18. The molecule has 324 valence electrons. The van der Waals surface area contributed by atoms with Gasteiger partial charge >= 0.3 is 19.8 Å². The number of unbranched alkanes of at least 4 members (excludes halogenated alkanes) is 28. The van der Waals surface area contributed by atoms with Gasteiger partial charge in [0.2, 0.25) is 0 Å². The van der Waals surface area contributed by atoms with Crippen molar-refractivity contribution in [1.82, 2.24) is 0 Å². The Bertz CT molecular complexity index is 952. The van der Waals surface area contributed by atoms with Crippen LogP contribution in [0, 0.1) is 0 Å². The SMILES string of the molecule is CCCCCC/C=C\CCCCCCCC(=O)OCC(COP(=O)(O)OC)OC(=O)CCCCCCCCCCCCC/C=C\CCCCCCCCCC. The number of carbonyl (C=O) groups is 2. The Hall–Kier alpha value is -1.47. The predicted octanol–water partition coefficient (Wildman–Crippen LogP) is 14.6. The van der Waals surface area contributed by atoms with Crippen molar-refractivity contribution in [3.05, 3.63) is 24.3 Å². The van der Waals surface area contributed by atoms with Gasteiger partial charge in [0.25, 0.3) is 0 Å².